The van der Waals surface area contributed by atoms with E-state index in [-0.39, 0.29) is 29.5 Å². The topological polar surface area (TPSA) is 131 Å². The molecule has 1 aliphatic heterocycles. The summed E-state index contributed by atoms with van der Waals surface area (Å²) in [5.41, 5.74) is 9.22. The number of carbonyl (C=O) groups is 2. The van der Waals surface area contributed by atoms with Gasteiger partial charge in [-0.1, -0.05) is 12.1 Å². The molecule has 10 nitrogen and oxygen atoms in total. The molecule has 3 aromatic rings. The molecule has 0 bridgehead atoms. The zero-order valence-electron chi connectivity index (χ0n) is 20.9. The van der Waals surface area contributed by atoms with Crippen molar-refractivity contribution in [1.82, 2.24) is 25.1 Å². The summed E-state index contributed by atoms with van der Waals surface area (Å²) in [6, 6.07) is 7.90. The molecule has 1 aliphatic carbocycles. The molecule has 3 heterocycles. The minimum Gasteiger partial charge on any atom is -0.364 e. The van der Waals surface area contributed by atoms with E-state index in [1.165, 1.54) is 18.4 Å². The van der Waals surface area contributed by atoms with E-state index in [9.17, 15) is 9.59 Å². The summed E-state index contributed by atoms with van der Waals surface area (Å²) in [6.45, 7) is 4.75. The third-order valence-corrected chi connectivity index (χ3v) is 7.30. The van der Waals surface area contributed by atoms with Crippen LogP contribution in [0.1, 0.15) is 70.6 Å². The van der Waals surface area contributed by atoms with Crippen LogP contribution in [0.3, 0.4) is 0 Å². The Morgan fingerprint density at radius 1 is 1.11 bits per heavy atom. The number of nitrogens with one attached hydrogen (secondary N) is 2. The number of aryl methyl sites for hydroxylation is 1. The monoisotopic (exact) mass is 488 g/mol. The van der Waals surface area contributed by atoms with Crippen LogP contribution in [0, 0.1) is 6.92 Å². The van der Waals surface area contributed by atoms with Crippen molar-refractivity contribution in [2.45, 2.75) is 57.5 Å². The second-order valence-electron chi connectivity index (χ2n) is 9.73. The Morgan fingerprint density at radius 3 is 2.50 bits per heavy atom. The normalized spacial score (nSPS) is 19.7. The highest BCUT2D eigenvalue weighted by Gasteiger charge is 2.31. The minimum atomic E-state index is -0.664. The molecule has 1 saturated heterocycles. The molecule has 2 aliphatic rings. The molecule has 36 heavy (non-hydrogen) atoms. The summed E-state index contributed by atoms with van der Waals surface area (Å²) in [6.07, 6.45) is 7.47. The number of aromatic nitrogens is 4. The van der Waals surface area contributed by atoms with E-state index in [2.05, 4.69) is 44.7 Å². The van der Waals surface area contributed by atoms with Crippen LogP contribution in [0.5, 0.6) is 0 Å². The van der Waals surface area contributed by atoms with Gasteiger partial charge in [0.05, 0.1) is 23.8 Å². The van der Waals surface area contributed by atoms with Gasteiger partial charge in [0.1, 0.15) is 5.82 Å². The van der Waals surface area contributed by atoms with Gasteiger partial charge in [-0.15, -0.1) is 0 Å². The standard InChI is InChI=1S/C26H32N8O2/c1-15-21(13-29-33(15)3)30-25-23(24(27)35)28-14-22(32-25)34-12-4-5-20(16(34)2)31-26(36)19-10-8-18(9-11-19)17-6-7-17/h8-11,13-14,16-17,20H,4-7,12H2,1-3H3,(H2,27,35)(H,30,32)(H,31,36)/t16-,20-/m1/s1. The van der Waals surface area contributed by atoms with Gasteiger partial charge >= 0.3 is 0 Å². The first-order valence-corrected chi connectivity index (χ1v) is 12.4. The van der Waals surface area contributed by atoms with Crippen molar-refractivity contribution in [1.29, 1.82) is 0 Å². The summed E-state index contributed by atoms with van der Waals surface area (Å²) < 4.78 is 1.73. The van der Waals surface area contributed by atoms with E-state index < -0.39 is 5.91 Å². The average molecular weight is 489 g/mol. The molecule has 10 heteroatoms. The number of hydrogen-bond donors (Lipinski definition) is 3. The van der Waals surface area contributed by atoms with Crippen molar-refractivity contribution in [3.8, 4) is 0 Å². The lowest BCUT2D eigenvalue weighted by Gasteiger charge is -2.40. The summed E-state index contributed by atoms with van der Waals surface area (Å²) >= 11 is 0. The predicted molar refractivity (Wildman–Crippen MR) is 137 cm³/mol. The molecule has 2 fully saturated rings. The first-order valence-electron chi connectivity index (χ1n) is 12.4. The van der Waals surface area contributed by atoms with Crippen LogP contribution in [0.2, 0.25) is 0 Å². The van der Waals surface area contributed by atoms with E-state index in [0.29, 0.717) is 17.3 Å². The Labute approximate surface area is 210 Å². The molecule has 2 aromatic heterocycles. The highest BCUT2D eigenvalue weighted by Crippen LogP contribution is 2.39. The SMILES string of the molecule is Cc1c(Nc2nc(N3CCC[C@@H](NC(=O)c4ccc(C5CC5)cc4)[C@H]3C)cnc2C(N)=O)cnn1C. The summed E-state index contributed by atoms with van der Waals surface area (Å²) in [7, 11) is 1.84. The Morgan fingerprint density at radius 2 is 1.86 bits per heavy atom. The molecule has 5 rings (SSSR count). The Hall–Kier alpha value is -3.95. The van der Waals surface area contributed by atoms with Crippen molar-refractivity contribution in [2.24, 2.45) is 12.8 Å². The van der Waals surface area contributed by atoms with Gasteiger partial charge in [0.15, 0.2) is 11.5 Å². The number of hydrogen-bond acceptors (Lipinski definition) is 7. The molecule has 1 saturated carbocycles. The molecule has 2 atom stereocenters. The summed E-state index contributed by atoms with van der Waals surface area (Å²) in [5.74, 6) is 0.829. The fourth-order valence-electron chi connectivity index (χ4n) is 4.77. The van der Waals surface area contributed by atoms with E-state index >= 15 is 0 Å². The van der Waals surface area contributed by atoms with Gasteiger partial charge in [0, 0.05) is 31.2 Å². The van der Waals surface area contributed by atoms with Gasteiger partial charge in [-0.3, -0.25) is 14.3 Å². The maximum Gasteiger partial charge on any atom is 0.271 e. The third-order valence-electron chi connectivity index (χ3n) is 7.30. The predicted octanol–water partition coefficient (Wildman–Crippen LogP) is 3.03. The number of piperidine rings is 1. The molecular formula is C26H32N8O2. The highest BCUT2D eigenvalue weighted by molar-refractivity contribution is 5.96. The van der Waals surface area contributed by atoms with E-state index in [4.69, 9.17) is 10.7 Å². The maximum atomic E-state index is 13.0. The Kier molecular flexibility index (Phi) is 6.34. The van der Waals surface area contributed by atoms with Gasteiger partial charge in [-0.25, -0.2) is 9.97 Å². The van der Waals surface area contributed by atoms with Gasteiger partial charge in [-0.05, 0) is 63.1 Å². The molecule has 0 spiro atoms. The molecule has 0 radical (unpaired) electrons. The Bertz CT molecular complexity index is 1280. The van der Waals surface area contributed by atoms with E-state index in [1.54, 1.807) is 17.1 Å². The Balaban J connectivity index is 1.33. The molecular weight excluding hydrogens is 456 g/mol. The lowest BCUT2D eigenvalue weighted by Crippen LogP contribution is -2.54. The van der Waals surface area contributed by atoms with Gasteiger partial charge in [0.2, 0.25) is 0 Å². The van der Waals surface area contributed by atoms with Crippen LogP contribution in [0.25, 0.3) is 0 Å². The fraction of sp³-hybridized carbons (Fsp3) is 0.423. The van der Waals surface area contributed by atoms with Crippen molar-refractivity contribution >= 4 is 29.1 Å². The number of nitrogens with zero attached hydrogens (tertiary/aromatic N) is 5. The average Bonchev–Trinajstić information content (AvgIpc) is 3.68. The second kappa shape index (κ2) is 9.60. The zero-order valence-corrected chi connectivity index (χ0v) is 20.9. The van der Waals surface area contributed by atoms with Gasteiger partial charge in [0.25, 0.3) is 11.8 Å². The third kappa shape index (κ3) is 4.75. The van der Waals surface area contributed by atoms with Crippen LogP contribution < -0.4 is 21.3 Å². The van der Waals surface area contributed by atoms with Crippen molar-refractivity contribution in [2.75, 3.05) is 16.8 Å². The van der Waals surface area contributed by atoms with Gasteiger partial charge < -0.3 is 21.3 Å². The summed E-state index contributed by atoms with van der Waals surface area (Å²) in [4.78, 5) is 36.2. The number of benzene rings is 1. The first-order chi connectivity index (χ1) is 17.3. The maximum absolute atomic E-state index is 13.0. The fourth-order valence-corrected chi connectivity index (χ4v) is 4.77. The smallest absolute Gasteiger partial charge is 0.271 e. The van der Waals surface area contributed by atoms with Crippen LogP contribution in [-0.4, -0.2) is 50.2 Å². The van der Waals surface area contributed by atoms with Crippen LogP contribution in [-0.2, 0) is 7.05 Å². The van der Waals surface area contributed by atoms with Crippen LogP contribution >= 0.6 is 0 Å². The second-order valence-corrected chi connectivity index (χ2v) is 9.73. The minimum absolute atomic E-state index is 0.0184. The number of primary amides is 1. The molecule has 2 amide bonds. The van der Waals surface area contributed by atoms with E-state index in [0.717, 1.165) is 30.8 Å². The number of rotatable bonds is 7. The quantitative estimate of drug-likeness (QED) is 0.466. The van der Waals surface area contributed by atoms with Crippen molar-refractivity contribution < 1.29 is 9.59 Å². The number of nitrogens with two attached hydrogens (primary N) is 1. The lowest BCUT2D eigenvalue weighted by molar-refractivity contribution is 0.0923. The number of amides is 2. The largest absolute Gasteiger partial charge is 0.364 e. The summed E-state index contributed by atoms with van der Waals surface area (Å²) in [5, 5.41) is 10.6. The van der Waals surface area contributed by atoms with Gasteiger partial charge in [-0.2, -0.15) is 5.10 Å². The first kappa shape index (κ1) is 23.8. The molecule has 4 N–H and O–H groups in total. The lowest BCUT2D eigenvalue weighted by atomic mass is 9.97. The number of anilines is 3. The van der Waals surface area contributed by atoms with Crippen LogP contribution in [0.15, 0.2) is 36.7 Å². The molecule has 1 aromatic carbocycles. The molecule has 188 valence electrons. The van der Waals surface area contributed by atoms with Crippen molar-refractivity contribution in [3.05, 3.63) is 59.2 Å². The van der Waals surface area contributed by atoms with Crippen LogP contribution in [0.4, 0.5) is 17.3 Å². The van der Waals surface area contributed by atoms with E-state index in [1.807, 2.05) is 26.1 Å². The molecule has 0 unspecified atom stereocenters. The highest BCUT2D eigenvalue weighted by atomic mass is 16.2. The zero-order chi connectivity index (χ0) is 25.4. The number of carbonyl (C=O) groups excluding carboxylic acids is 2. The van der Waals surface area contributed by atoms with Crippen molar-refractivity contribution in [3.63, 3.8) is 0 Å².